The molecule has 2 aliphatic rings. The Morgan fingerprint density at radius 2 is 1.88 bits per heavy atom. The number of ether oxygens (including phenoxy) is 2. The average molecular weight is 517 g/mol. The van der Waals surface area contributed by atoms with Crippen LogP contribution in [0.3, 0.4) is 0 Å². The number of halogens is 1. The first-order valence-electron chi connectivity index (χ1n) is 9.45. The van der Waals surface area contributed by atoms with E-state index in [1.807, 2.05) is 12.1 Å². The fourth-order valence-electron chi connectivity index (χ4n) is 3.54. The minimum atomic E-state index is -0.585. The van der Waals surface area contributed by atoms with Crippen molar-refractivity contribution in [2.75, 3.05) is 10.7 Å². The lowest BCUT2D eigenvalue weighted by atomic mass is 9.86. The van der Waals surface area contributed by atoms with Crippen LogP contribution >= 0.6 is 47.4 Å². The predicted octanol–water partition coefficient (Wildman–Crippen LogP) is 4.06. The van der Waals surface area contributed by atoms with Gasteiger partial charge in [-0.15, -0.1) is 11.3 Å². The summed E-state index contributed by atoms with van der Waals surface area (Å²) in [5.74, 6) is -1.07. The van der Waals surface area contributed by atoms with E-state index in [1.165, 1.54) is 16.0 Å². The van der Waals surface area contributed by atoms with Crippen LogP contribution in [0.2, 0.25) is 5.02 Å². The molecular formula is C21H13ClN4O4S3. The Morgan fingerprint density at radius 1 is 1.15 bits per heavy atom. The van der Waals surface area contributed by atoms with Crippen LogP contribution in [0.5, 0.6) is 11.6 Å². The molecule has 2 aliphatic heterocycles. The Labute approximate surface area is 206 Å². The Kier molecular flexibility index (Phi) is 5.41. The first kappa shape index (κ1) is 21.6. The van der Waals surface area contributed by atoms with Gasteiger partial charge in [0, 0.05) is 16.3 Å². The van der Waals surface area contributed by atoms with Crippen molar-refractivity contribution in [1.82, 2.24) is 4.68 Å². The first-order valence-corrected chi connectivity index (χ1v) is 11.5. The predicted molar refractivity (Wildman–Crippen MR) is 131 cm³/mol. The van der Waals surface area contributed by atoms with Gasteiger partial charge >= 0.3 is 5.97 Å². The molecule has 0 fully saturated rings. The van der Waals surface area contributed by atoms with E-state index in [0.717, 1.165) is 5.56 Å². The van der Waals surface area contributed by atoms with Gasteiger partial charge in [-0.05, 0) is 42.5 Å². The largest absolute Gasteiger partial charge is 0.423 e. The summed E-state index contributed by atoms with van der Waals surface area (Å²) in [6, 6.07) is 13.8. The van der Waals surface area contributed by atoms with E-state index in [4.69, 9.17) is 51.2 Å². The number of carbonyl (C=O) groups is 2. The lowest BCUT2D eigenvalue weighted by molar-refractivity contribution is -0.131. The van der Waals surface area contributed by atoms with Crippen molar-refractivity contribution in [1.29, 1.82) is 0 Å². The Morgan fingerprint density at radius 3 is 2.64 bits per heavy atom. The zero-order chi connectivity index (χ0) is 23.3. The van der Waals surface area contributed by atoms with Crippen molar-refractivity contribution >= 4 is 69.9 Å². The van der Waals surface area contributed by atoms with Gasteiger partial charge in [-0.2, -0.15) is 0 Å². The molecule has 166 valence electrons. The van der Waals surface area contributed by atoms with E-state index in [0.29, 0.717) is 25.3 Å². The van der Waals surface area contributed by atoms with Crippen molar-refractivity contribution < 1.29 is 19.1 Å². The van der Waals surface area contributed by atoms with E-state index >= 15 is 0 Å². The number of esters is 1. The molecule has 2 aromatic carbocycles. The van der Waals surface area contributed by atoms with Gasteiger partial charge in [-0.3, -0.25) is 10.2 Å². The molecule has 0 radical (unpaired) electrons. The molecule has 0 saturated heterocycles. The second kappa shape index (κ2) is 8.27. The maximum atomic E-state index is 12.6. The SMILES string of the molecule is NC1=C2C(=O)Oc3ccccc3C2c2sc(=S)n(NC(=S)C(=O)Nc3ccc(Cl)cc3)c2O1. The number of thiocarbonyl (C=S) groups is 1. The minimum absolute atomic E-state index is 0.105. The number of nitrogens with one attached hydrogen (secondary N) is 2. The normalized spacial score (nSPS) is 16.0. The number of thiazole rings is 1. The number of rotatable bonds is 2. The summed E-state index contributed by atoms with van der Waals surface area (Å²) >= 11 is 17.8. The van der Waals surface area contributed by atoms with Crippen molar-refractivity contribution in [2.45, 2.75) is 5.92 Å². The van der Waals surface area contributed by atoms with E-state index in [2.05, 4.69) is 10.7 Å². The number of para-hydroxylation sites is 1. The van der Waals surface area contributed by atoms with Gasteiger partial charge in [0.15, 0.2) is 8.94 Å². The molecule has 0 spiro atoms. The summed E-state index contributed by atoms with van der Waals surface area (Å²) in [5, 5.41) is 3.21. The maximum absolute atomic E-state index is 12.6. The van der Waals surface area contributed by atoms with Crippen molar-refractivity contribution in [3.05, 3.63) is 79.4 Å². The number of nitrogens with zero attached hydrogens (tertiary/aromatic N) is 1. The summed E-state index contributed by atoms with van der Waals surface area (Å²) in [6.07, 6.45) is 0. The molecule has 1 atom stereocenters. The molecular weight excluding hydrogens is 504 g/mol. The molecule has 1 amide bonds. The fraction of sp³-hybridized carbons (Fsp3) is 0.0476. The maximum Gasteiger partial charge on any atom is 0.345 e. The molecule has 0 saturated carbocycles. The quantitative estimate of drug-likeness (QED) is 0.266. The number of amides is 1. The van der Waals surface area contributed by atoms with E-state index in [-0.39, 0.29) is 22.3 Å². The van der Waals surface area contributed by atoms with Crippen molar-refractivity contribution in [2.24, 2.45) is 5.73 Å². The van der Waals surface area contributed by atoms with Crippen molar-refractivity contribution in [3.63, 3.8) is 0 Å². The standard InChI is InChI=1S/C21H13ClN4O4S3/c22-9-5-7-10(8-6-9)24-17(27)18(31)25-26-19-15(33-21(26)32)13-11-3-1-2-4-12(11)29-20(28)14(13)16(23)30-19/h1-8,13H,23H2,(H,24,27)(H,25,31). The molecule has 3 aromatic rings. The summed E-state index contributed by atoms with van der Waals surface area (Å²) in [4.78, 5) is 25.7. The number of hydrogen-bond acceptors (Lipinski definition) is 8. The van der Waals surface area contributed by atoms with Crippen LogP contribution in [0.25, 0.3) is 0 Å². The minimum Gasteiger partial charge on any atom is -0.423 e. The van der Waals surface area contributed by atoms with Crippen LogP contribution in [0.1, 0.15) is 16.4 Å². The summed E-state index contributed by atoms with van der Waals surface area (Å²) < 4.78 is 12.8. The van der Waals surface area contributed by atoms with Gasteiger partial charge in [0.1, 0.15) is 11.3 Å². The van der Waals surface area contributed by atoms with E-state index in [1.54, 1.807) is 36.4 Å². The highest BCUT2D eigenvalue weighted by molar-refractivity contribution is 7.82. The van der Waals surface area contributed by atoms with Gasteiger partial charge < -0.3 is 20.5 Å². The topological polar surface area (TPSA) is 108 Å². The van der Waals surface area contributed by atoms with Gasteiger partial charge in [-0.25, -0.2) is 9.47 Å². The van der Waals surface area contributed by atoms with Gasteiger partial charge in [0.05, 0.1) is 10.8 Å². The Bertz CT molecular complexity index is 1430. The molecule has 3 heterocycles. The molecule has 4 N–H and O–H groups in total. The van der Waals surface area contributed by atoms with Gasteiger partial charge in [0.2, 0.25) is 11.8 Å². The zero-order valence-corrected chi connectivity index (χ0v) is 19.7. The summed E-state index contributed by atoms with van der Waals surface area (Å²) in [6.45, 7) is 0. The molecule has 8 nitrogen and oxygen atoms in total. The number of carbonyl (C=O) groups excluding carboxylic acids is 2. The van der Waals surface area contributed by atoms with E-state index in [9.17, 15) is 9.59 Å². The molecule has 33 heavy (non-hydrogen) atoms. The average Bonchev–Trinajstić information content (AvgIpc) is 3.09. The highest BCUT2D eigenvalue weighted by atomic mass is 35.5. The molecule has 12 heteroatoms. The van der Waals surface area contributed by atoms with Crippen molar-refractivity contribution in [3.8, 4) is 11.6 Å². The van der Waals surface area contributed by atoms with Gasteiger partial charge in [0.25, 0.3) is 5.91 Å². The third-order valence-electron chi connectivity index (χ3n) is 4.99. The number of anilines is 1. The molecule has 5 rings (SSSR count). The van der Waals surface area contributed by atoms with Crippen LogP contribution in [-0.4, -0.2) is 21.5 Å². The summed E-state index contributed by atoms with van der Waals surface area (Å²) in [5.41, 5.74) is 10.4. The number of aromatic nitrogens is 1. The molecule has 1 unspecified atom stereocenters. The Balaban J connectivity index is 1.47. The Hall–Kier alpha value is -3.25. The monoisotopic (exact) mass is 516 g/mol. The number of hydrogen-bond donors (Lipinski definition) is 3. The van der Waals surface area contributed by atoms with Crippen LogP contribution in [0.15, 0.2) is 60.0 Å². The number of nitrogens with two attached hydrogens (primary N) is 1. The van der Waals surface area contributed by atoms with Crippen LogP contribution in [0, 0.1) is 3.95 Å². The third kappa shape index (κ3) is 3.78. The van der Waals surface area contributed by atoms with E-state index < -0.39 is 17.8 Å². The molecule has 1 aromatic heterocycles. The lowest BCUT2D eigenvalue weighted by Gasteiger charge is -2.30. The van der Waals surface area contributed by atoms with Crippen LogP contribution < -0.4 is 25.9 Å². The van der Waals surface area contributed by atoms with Crippen LogP contribution in [0.4, 0.5) is 5.69 Å². The third-order valence-corrected chi connectivity index (χ3v) is 6.94. The fourth-order valence-corrected chi connectivity index (χ4v) is 5.20. The molecule has 0 bridgehead atoms. The second-order valence-corrected chi connectivity index (χ2v) is 9.54. The zero-order valence-electron chi connectivity index (χ0n) is 16.5. The highest BCUT2D eigenvalue weighted by Gasteiger charge is 2.43. The highest BCUT2D eigenvalue weighted by Crippen LogP contribution is 2.50. The number of fused-ring (bicyclic) bond motifs is 5. The first-order chi connectivity index (χ1) is 15.8. The smallest absolute Gasteiger partial charge is 0.345 e. The summed E-state index contributed by atoms with van der Waals surface area (Å²) in [7, 11) is 0. The molecule has 0 aliphatic carbocycles. The number of benzene rings is 2. The second-order valence-electron chi connectivity index (χ2n) is 7.02. The van der Waals surface area contributed by atoms with Crippen LogP contribution in [-0.2, 0) is 9.59 Å². The lowest BCUT2D eigenvalue weighted by Crippen LogP contribution is -2.35. The van der Waals surface area contributed by atoms with Gasteiger partial charge in [-0.1, -0.05) is 42.0 Å².